The minimum atomic E-state index is -5.20. The molecule has 0 fully saturated rings. The standard InChI is InChI=1S/C10H9F5N2O3/c11-9(12)8-6(20-10(13,14)15)1-4(2-7(18)19)5(3-16)17-8/h1,9H,2-3,16H2,(H,18,19). The summed E-state index contributed by atoms with van der Waals surface area (Å²) in [4.78, 5) is 13.8. The molecule has 0 radical (unpaired) electrons. The van der Waals surface area contributed by atoms with Gasteiger partial charge in [-0.3, -0.25) is 4.79 Å². The van der Waals surface area contributed by atoms with Crippen molar-refractivity contribution in [3.05, 3.63) is 23.0 Å². The summed E-state index contributed by atoms with van der Waals surface area (Å²) < 4.78 is 65.1. The molecular weight excluding hydrogens is 291 g/mol. The number of nitrogens with two attached hydrogens (primary N) is 1. The monoisotopic (exact) mass is 300 g/mol. The molecule has 1 aromatic heterocycles. The Hall–Kier alpha value is -1.97. The molecule has 0 aliphatic carbocycles. The van der Waals surface area contributed by atoms with Gasteiger partial charge in [-0.1, -0.05) is 0 Å². The van der Waals surface area contributed by atoms with Crippen molar-refractivity contribution in [1.82, 2.24) is 4.98 Å². The molecule has 112 valence electrons. The number of carboxylic acid groups (broad SMARTS) is 1. The molecule has 0 saturated heterocycles. The van der Waals surface area contributed by atoms with Crippen molar-refractivity contribution in [1.29, 1.82) is 0 Å². The smallest absolute Gasteiger partial charge is 0.481 e. The molecule has 0 bridgehead atoms. The summed E-state index contributed by atoms with van der Waals surface area (Å²) >= 11 is 0. The van der Waals surface area contributed by atoms with E-state index in [0.29, 0.717) is 6.07 Å². The Labute approximate surface area is 109 Å². The lowest BCUT2D eigenvalue weighted by atomic mass is 10.1. The van der Waals surface area contributed by atoms with E-state index in [9.17, 15) is 26.7 Å². The van der Waals surface area contributed by atoms with Crippen LogP contribution in [0.15, 0.2) is 6.07 Å². The van der Waals surface area contributed by atoms with Gasteiger partial charge < -0.3 is 15.6 Å². The Kier molecular flexibility index (Phi) is 4.82. The zero-order valence-electron chi connectivity index (χ0n) is 9.75. The molecule has 0 aliphatic rings. The number of aromatic nitrogens is 1. The number of ether oxygens (including phenoxy) is 1. The minimum absolute atomic E-state index is 0.219. The SMILES string of the molecule is NCc1nc(C(F)F)c(OC(F)(F)F)cc1CC(=O)O. The van der Waals surface area contributed by atoms with Crippen LogP contribution in [-0.2, 0) is 17.8 Å². The zero-order chi connectivity index (χ0) is 15.5. The first kappa shape index (κ1) is 16.1. The summed E-state index contributed by atoms with van der Waals surface area (Å²) in [5.74, 6) is -2.61. The van der Waals surface area contributed by atoms with Crippen molar-refractivity contribution in [3.8, 4) is 5.75 Å². The van der Waals surface area contributed by atoms with Gasteiger partial charge in [-0.2, -0.15) is 0 Å². The lowest BCUT2D eigenvalue weighted by Gasteiger charge is -2.15. The fraction of sp³-hybridized carbons (Fsp3) is 0.400. The molecule has 0 saturated carbocycles. The summed E-state index contributed by atoms with van der Waals surface area (Å²) in [5, 5.41) is 8.61. The van der Waals surface area contributed by atoms with Crippen molar-refractivity contribution >= 4 is 5.97 Å². The van der Waals surface area contributed by atoms with Gasteiger partial charge >= 0.3 is 12.3 Å². The third-order valence-corrected chi connectivity index (χ3v) is 2.15. The fourth-order valence-corrected chi connectivity index (χ4v) is 1.44. The first-order valence-corrected chi connectivity index (χ1v) is 5.12. The van der Waals surface area contributed by atoms with E-state index in [-0.39, 0.29) is 11.3 Å². The molecule has 0 amide bonds. The maximum Gasteiger partial charge on any atom is 0.573 e. The normalized spacial score (nSPS) is 11.8. The van der Waals surface area contributed by atoms with Crippen molar-refractivity contribution < 1.29 is 36.6 Å². The third-order valence-electron chi connectivity index (χ3n) is 2.15. The van der Waals surface area contributed by atoms with Crippen LogP contribution in [-0.4, -0.2) is 22.4 Å². The molecule has 10 heteroatoms. The van der Waals surface area contributed by atoms with Gasteiger partial charge in [0.05, 0.1) is 12.1 Å². The molecule has 0 unspecified atom stereocenters. The first-order valence-electron chi connectivity index (χ1n) is 5.12. The number of halogens is 5. The second kappa shape index (κ2) is 5.99. The van der Waals surface area contributed by atoms with E-state index in [4.69, 9.17) is 10.8 Å². The van der Waals surface area contributed by atoms with Crippen LogP contribution in [0, 0.1) is 0 Å². The van der Waals surface area contributed by atoms with Crippen molar-refractivity contribution in [2.24, 2.45) is 5.73 Å². The summed E-state index contributed by atoms with van der Waals surface area (Å²) in [6.45, 7) is -0.394. The third kappa shape index (κ3) is 4.30. The summed E-state index contributed by atoms with van der Waals surface area (Å²) in [7, 11) is 0. The number of rotatable bonds is 5. The number of alkyl halides is 5. The zero-order valence-corrected chi connectivity index (χ0v) is 9.75. The van der Waals surface area contributed by atoms with Crippen LogP contribution in [0.25, 0.3) is 0 Å². The number of hydrogen-bond acceptors (Lipinski definition) is 4. The second-order valence-electron chi connectivity index (χ2n) is 3.60. The molecule has 3 N–H and O–H groups in total. The number of carbonyl (C=O) groups is 1. The Morgan fingerprint density at radius 2 is 2.05 bits per heavy atom. The quantitative estimate of drug-likeness (QED) is 0.812. The maximum absolute atomic E-state index is 12.6. The van der Waals surface area contributed by atoms with Crippen LogP contribution in [0.3, 0.4) is 0 Å². The van der Waals surface area contributed by atoms with Gasteiger partial charge in [0.1, 0.15) is 5.69 Å². The topological polar surface area (TPSA) is 85.4 Å². The van der Waals surface area contributed by atoms with Gasteiger partial charge in [0.25, 0.3) is 6.43 Å². The van der Waals surface area contributed by atoms with Crippen LogP contribution in [0.5, 0.6) is 5.75 Å². The summed E-state index contributed by atoms with van der Waals surface area (Å²) in [5.41, 5.74) is 3.53. The molecular formula is C10H9F5N2O3. The van der Waals surface area contributed by atoms with Gasteiger partial charge in [-0.25, -0.2) is 13.8 Å². The van der Waals surface area contributed by atoms with Crippen LogP contribution in [0.4, 0.5) is 22.0 Å². The highest BCUT2D eigenvalue weighted by molar-refractivity contribution is 5.70. The number of pyridine rings is 1. The van der Waals surface area contributed by atoms with Gasteiger partial charge in [-0.15, -0.1) is 13.2 Å². The maximum atomic E-state index is 12.6. The highest BCUT2D eigenvalue weighted by atomic mass is 19.4. The summed E-state index contributed by atoms with van der Waals surface area (Å²) in [6, 6.07) is 0.568. The second-order valence-corrected chi connectivity index (χ2v) is 3.60. The average Bonchev–Trinajstić information content (AvgIpc) is 2.25. The Balaban J connectivity index is 3.34. The van der Waals surface area contributed by atoms with Crippen molar-refractivity contribution in [2.75, 3.05) is 0 Å². The number of aliphatic carboxylic acids is 1. The predicted molar refractivity (Wildman–Crippen MR) is 55.1 cm³/mol. The Bertz CT molecular complexity index is 504. The molecule has 0 aromatic carbocycles. The molecule has 1 rings (SSSR count). The van der Waals surface area contributed by atoms with Gasteiger partial charge in [-0.05, 0) is 11.6 Å². The van der Waals surface area contributed by atoms with Crippen LogP contribution in [0.1, 0.15) is 23.4 Å². The molecule has 0 aliphatic heterocycles. The van der Waals surface area contributed by atoms with Gasteiger partial charge in [0, 0.05) is 6.54 Å². The molecule has 1 aromatic rings. The first-order chi connectivity index (χ1) is 9.14. The average molecular weight is 300 g/mol. The molecule has 5 nitrogen and oxygen atoms in total. The van der Waals surface area contributed by atoms with E-state index >= 15 is 0 Å². The van der Waals surface area contributed by atoms with Gasteiger partial charge in [0.2, 0.25) is 0 Å². The molecule has 1 heterocycles. The minimum Gasteiger partial charge on any atom is -0.481 e. The molecule has 0 atom stereocenters. The van der Waals surface area contributed by atoms with E-state index < -0.39 is 43.2 Å². The molecule has 0 spiro atoms. The van der Waals surface area contributed by atoms with E-state index in [0.717, 1.165) is 0 Å². The fourth-order valence-electron chi connectivity index (χ4n) is 1.44. The number of carboxylic acids is 1. The predicted octanol–water partition coefficient (Wildman–Crippen LogP) is 2.00. The summed E-state index contributed by atoms with van der Waals surface area (Å²) in [6.07, 6.45) is -9.23. The Morgan fingerprint density at radius 1 is 1.45 bits per heavy atom. The lowest BCUT2D eigenvalue weighted by Crippen LogP contribution is -2.20. The van der Waals surface area contributed by atoms with E-state index in [1.54, 1.807) is 0 Å². The lowest BCUT2D eigenvalue weighted by molar-refractivity contribution is -0.275. The van der Waals surface area contributed by atoms with Crippen LogP contribution >= 0.6 is 0 Å². The largest absolute Gasteiger partial charge is 0.573 e. The van der Waals surface area contributed by atoms with Crippen LogP contribution < -0.4 is 10.5 Å². The van der Waals surface area contributed by atoms with E-state index in [1.807, 2.05) is 0 Å². The van der Waals surface area contributed by atoms with Crippen LogP contribution in [0.2, 0.25) is 0 Å². The number of hydrogen-bond donors (Lipinski definition) is 2. The van der Waals surface area contributed by atoms with Crippen molar-refractivity contribution in [2.45, 2.75) is 25.8 Å². The highest BCUT2D eigenvalue weighted by Crippen LogP contribution is 2.33. The van der Waals surface area contributed by atoms with E-state index in [2.05, 4.69) is 9.72 Å². The number of nitrogens with zero attached hydrogens (tertiary/aromatic N) is 1. The van der Waals surface area contributed by atoms with E-state index in [1.165, 1.54) is 0 Å². The highest BCUT2D eigenvalue weighted by Gasteiger charge is 2.34. The molecule has 20 heavy (non-hydrogen) atoms. The Morgan fingerprint density at radius 3 is 2.45 bits per heavy atom. The van der Waals surface area contributed by atoms with Crippen molar-refractivity contribution in [3.63, 3.8) is 0 Å². The van der Waals surface area contributed by atoms with Gasteiger partial charge in [0.15, 0.2) is 5.75 Å².